The number of aldehydes is 1. The van der Waals surface area contributed by atoms with Gasteiger partial charge in [0.25, 0.3) is 0 Å². The average Bonchev–Trinajstić information content (AvgIpc) is 2.82. The molecule has 4 nitrogen and oxygen atoms in total. The Hall–Kier alpha value is -1.36. The molecule has 0 radical (unpaired) electrons. The first-order valence-electron chi connectivity index (χ1n) is 6.24. The molecule has 1 saturated heterocycles. The van der Waals surface area contributed by atoms with Crippen LogP contribution in [0.4, 0.5) is 0 Å². The first-order valence-corrected chi connectivity index (χ1v) is 7.40. The van der Waals surface area contributed by atoms with Crippen molar-refractivity contribution < 1.29 is 4.79 Å². The van der Waals surface area contributed by atoms with Crippen LogP contribution in [-0.4, -0.2) is 32.4 Å². The monoisotopic (exact) mass is 261 g/mol. The van der Waals surface area contributed by atoms with Crippen molar-refractivity contribution in [3.63, 3.8) is 0 Å². The van der Waals surface area contributed by atoms with E-state index < -0.39 is 0 Å². The minimum Gasteiger partial charge on any atom is -0.296 e. The highest BCUT2D eigenvalue weighted by molar-refractivity contribution is 7.99. The molecule has 1 fully saturated rings. The second kappa shape index (κ2) is 5.10. The van der Waals surface area contributed by atoms with Crippen LogP contribution < -0.4 is 0 Å². The summed E-state index contributed by atoms with van der Waals surface area (Å²) in [5, 5.41) is 4.45. The predicted molar refractivity (Wildman–Crippen MR) is 72.1 cm³/mol. The van der Waals surface area contributed by atoms with E-state index in [2.05, 4.69) is 10.1 Å². The quantitative estimate of drug-likeness (QED) is 0.795. The maximum Gasteiger partial charge on any atom is 0.168 e. The van der Waals surface area contributed by atoms with Gasteiger partial charge in [-0.15, -0.1) is 0 Å². The molecule has 94 valence electrons. The molecule has 0 unspecified atom stereocenters. The van der Waals surface area contributed by atoms with Gasteiger partial charge in [-0.1, -0.05) is 6.07 Å². The Kier molecular flexibility index (Phi) is 3.32. The highest BCUT2D eigenvalue weighted by atomic mass is 32.2. The Balaban J connectivity index is 1.86. The van der Waals surface area contributed by atoms with E-state index in [1.54, 1.807) is 10.6 Å². The van der Waals surface area contributed by atoms with Gasteiger partial charge in [0.05, 0.1) is 0 Å². The van der Waals surface area contributed by atoms with Crippen molar-refractivity contribution in [3.8, 4) is 0 Å². The number of fused-ring (bicyclic) bond motifs is 1. The molecule has 0 bridgehead atoms. The van der Waals surface area contributed by atoms with E-state index in [0.717, 1.165) is 24.2 Å². The van der Waals surface area contributed by atoms with Gasteiger partial charge < -0.3 is 0 Å². The molecule has 0 atom stereocenters. The molecule has 0 saturated carbocycles. The minimum atomic E-state index is 0.561. The Morgan fingerprint density at radius 3 is 3.00 bits per heavy atom. The van der Waals surface area contributed by atoms with E-state index in [9.17, 15) is 4.79 Å². The molecule has 3 heterocycles. The van der Waals surface area contributed by atoms with E-state index >= 15 is 0 Å². The number of carbonyl (C=O) groups excluding carboxylic acids is 1. The molecule has 0 aliphatic carbocycles. The lowest BCUT2D eigenvalue weighted by Crippen LogP contribution is -2.13. The minimum absolute atomic E-state index is 0.561. The van der Waals surface area contributed by atoms with Gasteiger partial charge in [0, 0.05) is 6.42 Å². The fraction of sp³-hybridized carbons (Fsp3) is 0.462. The smallest absolute Gasteiger partial charge is 0.168 e. The second-order valence-electron chi connectivity index (χ2n) is 4.63. The number of hydrogen-bond donors (Lipinski definition) is 0. The lowest BCUT2D eigenvalue weighted by atomic mass is 9.99. The van der Waals surface area contributed by atoms with Crippen LogP contribution in [0.3, 0.4) is 0 Å². The number of rotatable bonds is 3. The molecule has 0 N–H and O–H groups in total. The molecule has 1 aliphatic heterocycles. The molecule has 2 aromatic rings. The van der Waals surface area contributed by atoms with E-state index in [-0.39, 0.29) is 0 Å². The Labute approximate surface area is 110 Å². The van der Waals surface area contributed by atoms with Gasteiger partial charge in [-0.2, -0.15) is 16.9 Å². The van der Waals surface area contributed by atoms with E-state index in [1.807, 2.05) is 23.9 Å². The Morgan fingerprint density at radius 1 is 1.39 bits per heavy atom. The van der Waals surface area contributed by atoms with Gasteiger partial charge in [0.1, 0.15) is 5.69 Å². The summed E-state index contributed by atoms with van der Waals surface area (Å²) >= 11 is 2.03. The van der Waals surface area contributed by atoms with Gasteiger partial charge in [-0.05, 0) is 42.4 Å². The topological polar surface area (TPSA) is 47.3 Å². The van der Waals surface area contributed by atoms with Crippen molar-refractivity contribution in [1.29, 1.82) is 0 Å². The molecule has 1 aliphatic rings. The maximum absolute atomic E-state index is 10.9. The fourth-order valence-corrected chi connectivity index (χ4v) is 3.56. The maximum atomic E-state index is 10.9. The Bertz CT molecular complexity index is 560. The molecular weight excluding hydrogens is 246 g/mol. The summed E-state index contributed by atoms with van der Waals surface area (Å²) in [6, 6.07) is 5.49. The van der Waals surface area contributed by atoms with E-state index in [4.69, 9.17) is 0 Å². The van der Waals surface area contributed by atoms with Gasteiger partial charge in [-0.3, -0.25) is 4.79 Å². The van der Waals surface area contributed by atoms with Crippen molar-refractivity contribution >= 4 is 23.7 Å². The molecule has 5 heteroatoms. The zero-order chi connectivity index (χ0) is 12.4. The van der Waals surface area contributed by atoms with Crippen LogP contribution in [0.1, 0.15) is 29.2 Å². The third-order valence-corrected chi connectivity index (χ3v) is 4.41. The lowest BCUT2D eigenvalue weighted by molar-refractivity contribution is 0.111. The SMILES string of the molecule is O=Cc1cccc2nc(CC3CCSCC3)nn12. The van der Waals surface area contributed by atoms with Crippen molar-refractivity contribution in [1.82, 2.24) is 14.6 Å². The number of hydrogen-bond acceptors (Lipinski definition) is 4. The first-order chi connectivity index (χ1) is 8.86. The van der Waals surface area contributed by atoms with Crippen molar-refractivity contribution in [2.24, 2.45) is 5.92 Å². The summed E-state index contributed by atoms with van der Waals surface area (Å²) in [7, 11) is 0. The van der Waals surface area contributed by atoms with Crippen LogP contribution in [0.15, 0.2) is 18.2 Å². The van der Waals surface area contributed by atoms with Gasteiger partial charge in [0.2, 0.25) is 0 Å². The highest BCUT2D eigenvalue weighted by Crippen LogP contribution is 2.25. The third kappa shape index (κ3) is 2.27. The summed E-state index contributed by atoms with van der Waals surface area (Å²) in [6.45, 7) is 0. The van der Waals surface area contributed by atoms with Crippen molar-refractivity contribution in [2.45, 2.75) is 19.3 Å². The molecule has 0 amide bonds. The average molecular weight is 261 g/mol. The summed E-state index contributed by atoms with van der Waals surface area (Å²) in [4.78, 5) is 15.4. The predicted octanol–water partition coefficient (Wildman–Crippen LogP) is 2.23. The molecule has 3 rings (SSSR count). The summed E-state index contributed by atoms with van der Waals surface area (Å²) in [6.07, 6.45) is 4.25. The zero-order valence-electron chi connectivity index (χ0n) is 10.1. The number of pyridine rings is 1. The van der Waals surface area contributed by atoms with Crippen molar-refractivity contribution in [3.05, 3.63) is 29.7 Å². The third-order valence-electron chi connectivity index (χ3n) is 3.37. The summed E-state index contributed by atoms with van der Waals surface area (Å²) in [5.74, 6) is 4.06. The Morgan fingerprint density at radius 2 is 2.22 bits per heavy atom. The fourth-order valence-electron chi connectivity index (χ4n) is 2.35. The molecule has 0 aromatic carbocycles. The summed E-state index contributed by atoms with van der Waals surface area (Å²) < 4.78 is 1.64. The van der Waals surface area contributed by atoms with Crippen LogP contribution in [-0.2, 0) is 6.42 Å². The number of aromatic nitrogens is 3. The van der Waals surface area contributed by atoms with Crippen LogP contribution in [0, 0.1) is 5.92 Å². The van der Waals surface area contributed by atoms with Gasteiger partial charge in [-0.25, -0.2) is 9.50 Å². The van der Waals surface area contributed by atoms with Crippen LogP contribution in [0.2, 0.25) is 0 Å². The number of nitrogens with zero attached hydrogens (tertiary/aromatic N) is 3. The van der Waals surface area contributed by atoms with Gasteiger partial charge >= 0.3 is 0 Å². The van der Waals surface area contributed by atoms with E-state index in [1.165, 1.54) is 24.3 Å². The molecule has 2 aromatic heterocycles. The summed E-state index contributed by atoms with van der Waals surface area (Å²) in [5.41, 5.74) is 1.32. The standard InChI is InChI=1S/C13H15N3OS/c17-9-11-2-1-3-13-14-12(15-16(11)13)8-10-4-6-18-7-5-10/h1-3,9-10H,4-8H2. The van der Waals surface area contributed by atoms with E-state index in [0.29, 0.717) is 11.6 Å². The molecule has 18 heavy (non-hydrogen) atoms. The highest BCUT2D eigenvalue weighted by Gasteiger charge is 2.17. The zero-order valence-corrected chi connectivity index (χ0v) is 10.9. The molecular formula is C13H15N3OS. The van der Waals surface area contributed by atoms with Crippen LogP contribution in [0.25, 0.3) is 5.65 Å². The second-order valence-corrected chi connectivity index (χ2v) is 5.85. The largest absolute Gasteiger partial charge is 0.296 e. The van der Waals surface area contributed by atoms with Crippen LogP contribution >= 0.6 is 11.8 Å². The first kappa shape index (κ1) is 11.7. The van der Waals surface area contributed by atoms with Crippen molar-refractivity contribution in [2.75, 3.05) is 11.5 Å². The number of carbonyl (C=O) groups is 1. The number of thioether (sulfide) groups is 1. The molecule has 0 spiro atoms. The lowest BCUT2D eigenvalue weighted by Gasteiger charge is -2.19. The van der Waals surface area contributed by atoms with Crippen LogP contribution in [0.5, 0.6) is 0 Å². The normalized spacial score (nSPS) is 17.1. The van der Waals surface area contributed by atoms with Gasteiger partial charge in [0.15, 0.2) is 17.8 Å².